The minimum atomic E-state index is -0.760. The SMILES string of the molecule is CCC(CNc1ccc2c(c1)ncn2C)C(=O)O. The number of carbonyl (C=O) groups is 1. The molecule has 0 aliphatic heterocycles. The summed E-state index contributed by atoms with van der Waals surface area (Å²) >= 11 is 0. The van der Waals surface area contributed by atoms with Gasteiger partial charge in [-0.05, 0) is 24.6 Å². The molecule has 1 atom stereocenters. The van der Waals surface area contributed by atoms with Gasteiger partial charge in [-0.15, -0.1) is 0 Å². The van der Waals surface area contributed by atoms with Crippen LogP contribution >= 0.6 is 0 Å². The van der Waals surface area contributed by atoms with Gasteiger partial charge >= 0.3 is 5.97 Å². The molecule has 96 valence electrons. The second kappa shape index (κ2) is 5.08. The normalized spacial score (nSPS) is 12.6. The third-order valence-corrected chi connectivity index (χ3v) is 3.12. The fourth-order valence-corrected chi connectivity index (χ4v) is 1.89. The number of anilines is 1. The zero-order chi connectivity index (χ0) is 13.1. The molecule has 0 saturated heterocycles. The van der Waals surface area contributed by atoms with Gasteiger partial charge in [0.15, 0.2) is 0 Å². The number of aliphatic carboxylic acids is 1. The van der Waals surface area contributed by atoms with Gasteiger partial charge in [0.05, 0.1) is 23.3 Å². The maximum atomic E-state index is 10.9. The minimum Gasteiger partial charge on any atom is -0.481 e. The van der Waals surface area contributed by atoms with E-state index in [0.29, 0.717) is 13.0 Å². The molecule has 1 aromatic heterocycles. The van der Waals surface area contributed by atoms with Crippen LogP contribution in [0.5, 0.6) is 0 Å². The van der Waals surface area contributed by atoms with E-state index in [1.807, 2.05) is 36.7 Å². The summed E-state index contributed by atoms with van der Waals surface area (Å²) in [6, 6.07) is 5.86. The lowest BCUT2D eigenvalue weighted by molar-refractivity contribution is -0.141. The number of imidazole rings is 1. The number of nitrogens with zero attached hydrogens (tertiary/aromatic N) is 2. The summed E-state index contributed by atoms with van der Waals surface area (Å²) < 4.78 is 1.95. The van der Waals surface area contributed by atoms with Crippen molar-refractivity contribution in [1.29, 1.82) is 0 Å². The lowest BCUT2D eigenvalue weighted by atomic mass is 10.1. The first-order valence-corrected chi connectivity index (χ1v) is 5.99. The molecule has 0 saturated carbocycles. The lowest BCUT2D eigenvalue weighted by Crippen LogP contribution is -2.21. The Hall–Kier alpha value is -2.04. The molecule has 0 bridgehead atoms. The fraction of sp³-hybridized carbons (Fsp3) is 0.385. The van der Waals surface area contributed by atoms with Crippen molar-refractivity contribution >= 4 is 22.7 Å². The molecule has 18 heavy (non-hydrogen) atoms. The molecule has 2 aromatic rings. The monoisotopic (exact) mass is 247 g/mol. The van der Waals surface area contributed by atoms with Gasteiger partial charge in [0.1, 0.15) is 0 Å². The highest BCUT2D eigenvalue weighted by atomic mass is 16.4. The second-order valence-electron chi connectivity index (χ2n) is 4.38. The van der Waals surface area contributed by atoms with Crippen LogP contribution in [0.15, 0.2) is 24.5 Å². The highest BCUT2D eigenvalue weighted by Gasteiger charge is 2.14. The Balaban J connectivity index is 2.10. The number of hydrogen-bond acceptors (Lipinski definition) is 3. The molecule has 1 heterocycles. The van der Waals surface area contributed by atoms with Crippen LogP contribution in [0.25, 0.3) is 11.0 Å². The highest BCUT2D eigenvalue weighted by Crippen LogP contribution is 2.18. The van der Waals surface area contributed by atoms with Crippen LogP contribution in [0.3, 0.4) is 0 Å². The van der Waals surface area contributed by atoms with Crippen LogP contribution in [-0.2, 0) is 11.8 Å². The first-order chi connectivity index (χ1) is 8.61. The van der Waals surface area contributed by atoms with Crippen molar-refractivity contribution in [1.82, 2.24) is 9.55 Å². The van der Waals surface area contributed by atoms with E-state index in [0.717, 1.165) is 16.7 Å². The summed E-state index contributed by atoms with van der Waals surface area (Å²) in [7, 11) is 1.94. The van der Waals surface area contributed by atoms with Crippen LogP contribution < -0.4 is 5.32 Å². The fourth-order valence-electron chi connectivity index (χ4n) is 1.89. The summed E-state index contributed by atoms with van der Waals surface area (Å²) in [5, 5.41) is 12.1. The molecule has 0 aliphatic carbocycles. The van der Waals surface area contributed by atoms with Crippen molar-refractivity contribution in [2.45, 2.75) is 13.3 Å². The first kappa shape index (κ1) is 12.4. The predicted octanol–water partition coefficient (Wildman–Crippen LogP) is 2.10. The van der Waals surface area contributed by atoms with E-state index >= 15 is 0 Å². The molecule has 1 aromatic carbocycles. The van der Waals surface area contributed by atoms with Crippen LogP contribution in [-0.4, -0.2) is 27.2 Å². The van der Waals surface area contributed by atoms with E-state index in [4.69, 9.17) is 5.11 Å². The number of carboxylic acid groups (broad SMARTS) is 1. The van der Waals surface area contributed by atoms with Crippen LogP contribution in [0, 0.1) is 5.92 Å². The minimum absolute atomic E-state index is 0.357. The van der Waals surface area contributed by atoms with Gasteiger partial charge in [0.25, 0.3) is 0 Å². The average Bonchev–Trinajstić information content (AvgIpc) is 2.71. The van der Waals surface area contributed by atoms with E-state index in [1.54, 1.807) is 6.33 Å². The Kier molecular flexibility index (Phi) is 3.50. The number of fused-ring (bicyclic) bond motifs is 1. The number of hydrogen-bond donors (Lipinski definition) is 2. The summed E-state index contributed by atoms with van der Waals surface area (Å²) in [5.74, 6) is -1.12. The Labute approximate surface area is 105 Å². The molecule has 0 amide bonds. The Morgan fingerprint density at radius 2 is 2.33 bits per heavy atom. The molecule has 0 radical (unpaired) electrons. The molecule has 1 unspecified atom stereocenters. The topological polar surface area (TPSA) is 67.2 Å². The molecule has 0 fully saturated rings. The second-order valence-corrected chi connectivity index (χ2v) is 4.38. The van der Waals surface area contributed by atoms with E-state index in [-0.39, 0.29) is 5.92 Å². The van der Waals surface area contributed by atoms with Gasteiger partial charge in [-0.1, -0.05) is 6.92 Å². The van der Waals surface area contributed by atoms with E-state index in [2.05, 4.69) is 10.3 Å². The average molecular weight is 247 g/mol. The maximum Gasteiger partial charge on any atom is 0.308 e. The van der Waals surface area contributed by atoms with E-state index in [9.17, 15) is 4.79 Å². The van der Waals surface area contributed by atoms with Gasteiger partial charge in [0, 0.05) is 19.3 Å². The zero-order valence-electron chi connectivity index (χ0n) is 10.6. The van der Waals surface area contributed by atoms with Gasteiger partial charge in [0.2, 0.25) is 0 Å². The molecular formula is C13H17N3O2. The van der Waals surface area contributed by atoms with E-state index < -0.39 is 5.97 Å². The van der Waals surface area contributed by atoms with Crippen molar-refractivity contribution in [3.63, 3.8) is 0 Å². The quantitative estimate of drug-likeness (QED) is 0.849. The molecule has 0 spiro atoms. The number of aromatic nitrogens is 2. The molecule has 2 rings (SSSR count). The standard InChI is InChI=1S/C13H17N3O2/c1-3-9(13(17)18)7-14-10-4-5-12-11(6-10)15-8-16(12)2/h4-6,8-9,14H,3,7H2,1-2H3,(H,17,18). The van der Waals surface area contributed by atoms with Gasteiger partial charge in [-0.3, -0.25) is 4.79 Å². The number of aryl methyl sites for hydroxylation is 1. The molecule has 5 heteroatoms. The van der Waals surface area contributed by atoms with Crippen molar-refractivity contribution in [2.24, 2.45) is 13.0 Å². The summed E-state index contributed by atoms with van der Waals surface area (Å²) in [6.07, 6.45) is 2.38. The van der Waals surface area contributed by atoms with Crippen LogP contribution in [0.2, 0.25) is 0 Å². The maximum absolute atomic E-state index is 10.9. The largest absolute Gasteiger partial charge is 0.481 e. The Bertz CT molecular complexity index is 562. The number of carboxylic acids is 1. The van der Waals surface area contributed by atoms with Crippen LogP contribution in [0.1, 0.15) is 13.3 Å². The Morgan fingerprint density at radius 3 is 3.00 bits per heavy atom. The smallest absolute Gasteiger partial charge is 0.308 e. The third-order valence-electron chi connectivity index (χ3n) is 3.12. The third kappa shape index (κ3) is 2.45. The molecule has 2 N–H and O–H groups in total. The first-order valence-electron chi connectivity index (χ1n) is 5.99. The summed E-state index contributed by atoms with van der Waals surface area (Å²) in [6.45, 7) is 2.31. The number of nitrogens with one attached hydrogen (secondary N) is 1. The summed E-state index contributed by atoms with van der Waals surface area (Å²) in [5.41, 5.74) is 2.87. The number of rotatable bonds is 5. The van der Waals surface area contributed by atoms with E-state index in [1.165, 1.54) is 0 Å². The molecular weight excluding hydrogens is 230 g/mol. The number of benzene rings is 1. The van der Waals surface area contributed by atoms with Gasteiger partial charge < -0.3 is 15.0 Å². The van der Waals surface area contributed by atoms with Crippen molar-refractivity contribution in [3.8, 4) is 0 Å². The Morgan fingerprint density at radius 1 is 1.56 bits per heavy atom. The lowest BCUT2D eigenvalue weighted by Gasteiger charge is -2.12. The van der Waals surface area contributed by atoms with Crippen molar-refractivity contribution in [3.05, 3.63) is 24.5 Å². The highest BCUT2D eigenvalue weighted by molar-refractivity contribution is 5.79. The zero-order valence-corrected chi connectivity index (χ0v) is 10.6. The summed E-state index contributed by atoms with van der Waals surface area (Å²) in [4.78, 5) is 15.2. The van der Waals surface area contributed by atoms with Crippen molar-refractivity contribution in [2.75, 3.05) is 11.9 Å². The van der Waals surface area contributed by atoms with Crippen molar-refractivity contribution < 1.29 is 9.90 Å². The van der Waals surface area contributed by atoms with Crippen LogP contribution in [0.4, 0.5) is 5.69 Å². The predicted molar refractivity (Wildman–Crippen MR) is 70.6 cm³/mol. The molecule has 5 nitrogen and oxygen atoms in total. The molecule has 0 aliphatic rings. The van der Waals surface area contributed by atoms with Gasteiger partial charge in [-0.2, -0.15) is 0 Å². The van der Waals surface area contributed by atoms with Gasteiger partial charge in [-0.25, -0.2) is 4.98 Å².